The molecule has 3 rings (SSSR count). The Morgan fingerprint density at radius 2 is 2.18 bits per heavy atom. The van der Waals surface area contributed by atoms with E-state index in [1.54, 1.807) is 0 Å². The third-order valence-corrected chi connectivity index (χ3v) is 4.81. The minimum absolute atomic E-state index is 0.0334. The minimum atomic E-state index is -5.15. The monoisotopic (exact) mass is 509 g/mol. The Kier molecular flexibility index (Phi) is 5.52. The van der Waals surface area contributed by atoms with Crippen molar-refractivity contribution >= 4 is 62.1 Å². The molecular formula is C16H15F3IN5O3. The maximum Gasteiger partial charge on any atom is 0.490 e. The van der Waals surface area contributed by atoms with Crippen LogP contribution in [0.4, 0.5) is 24.9 Å². The molecule has 3 aromatic rings. The Bertz CT molecular complexity index is 1050. The molecule has 0 aliphatic heterocycles. The van der Waals surface area contributed by atoms with Gasteiger partial charge in [-0.05, 0) is 34.7 Å². The van der Waals surface area contributed by atoms with E-state index in [-0.39, 0.29) is 18.3 Å². The molecule has 0 radical (unpaired) electrons. The second kappa shape index (κ2) is 7.58. The van der Waals surface area contributed by atoms with Gasteiger partial charge in [0.1, 0.15) is 11.9 Å². The van der Waals surface area contributed by atoms with E-state index in [9.17, 15) is 23.1 Å². The predicted octanol–water partition coefficient (Wildman–Crippen LogP) is 2.19. The second-order valence-electron chi connectivity index (χ2n) is 5.96. The second-order valence-corrected chi connectivity index (χ2v) is 7.12. The van der Waals surface area contributed by atoms with Crippen LogP contribution in [-0.2, 0) is 16.6 Å². The van der Waals surface area contributed by atoms with Crippen molar-refractivity contribution in [2.45, 2.75) is 12.3 Å². The highest BCUT2D eigenvalue weighted by Gasteiger charge is 2.42. The van der Waals surface area contributed by atoms with Gasteiger partial charge in [-0.2, -0.15) is 18.2 Å². The van der Waals surface area contributed by atoms with Crippen molar-refractivity contribution in [1.29, 1.82) is 0 Å². The molecule has 0 saturated heterocycles. The van der Waals surface area contributed by atoms with Gasteiger partial charge in [0.2, 0.25) is 5.95 Å². The van der Waals surface area contributed by atoms with Gasteiger partial charge in [-0.1, -0.05) is 0 Å². The number of aryl methyl sites for hydroxylation is 1. The standard InChI is InChI=1S/C16H15F3IN5O3/c1-25-3-2-8-11-10(4-9(20)12(8)25)23-15(21)24-13(11)22-5-7(6-26)28-14(27)16(17,18)19/h2-4,7,26H,5-6H2,1H3,(H3,21,22,23,24). The zero-order valence-electron chi connectivity index (χ0n) is 14.4. The quantitative estimate of drug-likeness (QED) is 0.357. The number of benzene rings is 1. The van der Waals surface area contributed by atoms with E-state index in [4.69, 9.17) is 5.73 Å². The highest BCUT2D eigenvalue weighted by Crippen LogP contribution is 2.33. The number of hydrogen-bond acceptors (Lipinski definition) is 7. The summed E-state index contributed by atoms with van der Waals surface area (Å²) in [6.07, 6.45) is -4.71. The van der Waals surface area contributed by atoms with Crippen LogP contribution in [0.2, 0.25) is 0 Å². The summed E-state index contributed by atoms with van der Waals surface area (Å²) in [5.41, 5.74) is 7.22. The smallest absolute Gasteiger partial charge is 0.451 e. The van der Waals surface area contributed by atoms with Gasteiger partial charge in [0.15, 0.2) is 0 Å². The Hall–Kier alpha value is -2.35. The van der Waals surface area contributed by atoms with E-state index < -0.39 is 24.9 Å². The van der Waals surface area contributed by atoms with Crippen LogP contribution < -0.4 is 11.1 Å². The number of aliphatic hydroxyl groups is 1. The zero-order valence-corrected chi connectivity index (χ0v) is 16.6. The number of rotatable bonds is 5. The lowest BCUT2D eigenvalue weighted by molar-refractivity contribution is -0.205. The fourth-order valence-corrected chi connectivity index (χ4v) is 3.75. The van der Waals surface area contributed by atoms with E-state index in [0.717, 1.165) is 14.5 Å². The molecule has 2 aromatic heterocycles. The van der Waals surface area contributed by atoms with E-state index in [1.165, 1.54) is 0 Å². The fraction of sp³-hybridized carbons (Fsp3) is 0.312. The molecule has 8 nitrogen and oxygen atoms in total. The first-order valence-corrected chi connectivity index (χ1v) is 9.03. The third-order valence-electron chi connectivity index (χ3n) is 3.99. The number of hydrogen-bond donors (Lipinski definition) is 3. The number of carbonyl (C=O) groups is 1. The lowest BCUT2D eigenvalue weighted by Gasteiger charge is -2.18. The number of aliphatic hydroxyl groups excluding tert-OH is 1. The van der Waals surface area contributed by atoms with Gasteiger partial charge in [-0.25, -0.2) is 9.78 Å². The zero-order chi connectivity index (χ0) is 20.6. The van der Waals surface area contributed by atoms with E-state index in [1.807, 2.05) is 29.9 Å². The number of anilines is 2. The number of esters is 1. The maximum atomic E-state index is 12.4. The van der Waals surface area contributed by atoms with Gasteiger partial charge in [-0.3, -0.25) is 0 Å². The molecule has 1 atom stereocenters. The SMILES string of the molecule is Cn1ccc2c3c(NCC(CO)OC(=O)C(F)(F)F)nc(N)nc3cc(I)c21. The van der Waals surface area contributed by atoms with Crippen molar-refractivity contribution < 1.29 is 27.8 Å². The molecule has 12 heteroatoms. The maximum absolute atomic E-state index is 12.4. The molecule has 1 aromatic carbocycles. The number of nitrogens with one attached hydrogen (secondary N) is 1. The molecule has 4 N–H and O–H groups in total. The van der Waals surface area contributed by atoms with Crippen LogP contribution in [0.25, 0.3) is 21.8 Å². The lowest BCUT2D eigenvalue weighted by Crippen LogP contribution is -2.35. The fourth-order valence-electron chi connectivity index (χ4n) is 2.78. The van der Waals surface area contributed by atoms with E-state index >= 15 is 0 Å². The van der Waals surface area contributed by atoms with Gasteiger partial charge >= 0.3 is 12.1 Å². The van der Waals surface area contributed by atoms with Gasteiger partial charge in [0.05, 0.1) is 29.6 Å². The molecule has 0 saturated carbocycles. The summed E-state index contributed by atoms with van der Waals surface area (Å²) in [6, 6.07) is 3.67. The van der Waals surface area contributed by atoms with Crippen LogP contribution in [0.5, 0.6) is 0 Å². The Morgan fingerprint density at radius 3 is 2.82 bits per heavy atom. The predicted molar refractivity (Wildman–Crippen MR) is 105 cm³/mol. The Morgan fingerprint density at radius 1 is 1.46 bits per heavy atom. The van der Waals surface area contributed by atoms with E-state index in [2.05, 4.69) is 42.6 Å². The summed E-state index contributed by atoms with van der Waals surface area (Å²) < 4.78 is 44.2. The van der Waals surface area contributed by atoms with Crippen molar-refractivity contribution in [3.8, 4) is 0 Å². The summed E-state index contributed by atoms with van der Waals surface area (Å²) in [5, 5.41) is 13.5. The number of nitrogens with two attached hydrogens (primary N) is 1. The minimum Gasteiger partial charge on any atom is -0.451 e. The van der Waals surface area contributed by atoms with Crippen LogP contribution in [0, 0.1) is 3.57 Å². The normalized spacial score (nSPS) is 13.1. The molecule has 0 spiro atoms. The first kappa shape index (κ1) is 20.4. The average molecular weight is 509 g/mol. The van der Waals surface area contributed by atoms with Gasteiger partial charge in [0.25, 0.3) is 0 Å². The summed E-state index contributed by atoms with van der Waals surface area (Å²) in [6.45, 7) is -1.10. The number of nitrogens with zero attached hydrogens (tertiary/aromatic N) is 3. The van der Waals surface area contributed by atoms with Crippen LogP contribution in [0.15, 0.2) is 18.3 Å². The number of aromatic nitrogens is 3. The van der Waals surface area contributed by atoms with Crippen molar-refractivity contribution in [2.24, 2.45) is 7.05 Å². The lowest BCUT2D eigenvalue weighted by atomic mass is 10.1. The van der Waals surface area contributed by atoms with E-state index in [0.29, 0.717) is 10.9 Å². The van der Waals surface area contributed by atoms with Crippen LogP contribution in [0.3, 0.4) is 0 Å². The first-order chi connectivity index (χ1) is 13.1. The number of carbonyl (C=O) groups excluding carboxylic acids is 1. The number of fused-ring (bicyclic) bond motifs is 3. The first-order valence-electron chi connectivity index (χ1n) is 7.95. The molecule has 0 amide bonds. The number of ether oxygens (including phenoxy) is 1. The summed E-state index contributed by atoms with van der Waals surface area (Å²) in [7, 11) is 1.87. The number of halogens is 4. The summed E-state index contributed by atoms with van der Waals surface area (Å²) >= 11 is 2.17. The van der Waals surface area contributed by atoms with Crippen LogP contribution >= 0.6 is 22.6 Å². The topological polar surface area (TPSA) is 115 Å². The molecule has 0 bridgehead atoms. The van der Waals surface area contributed by atoms with Crippen molar-refractivity contribution in [2.75, 3.05) is 24.2 Å². The molecule has 28 heavy (non-hydrogen) atoms. The van der Waals surface area contributed by atoms with Crippen molar-refractivity contribution in [3.05, 3.63) is 21.9 Å². The highest BCUT2D eigenvalue weighted by atomic mass is 127. The molecule has 2 heterocycles. The molecule has 0 fully saturated rings. The van der Waals surface area contributed by atoms with Gasteiger partial charge in [0, 0.05) is 22.2 Å². The average Bonchev–Trinajstić information content (AvgIpc) is 2.99. The van der Waals surface area contributed by atoms with Crippen LogP contribution in [-0.4, -0.2) is 51.0 Å². The number of alkyl halides is 3. The van der Waals surface area contributed by atoms with Crippen LogP contribution in [0.1, 0.15) is 0 Å². The summed E-state index contributed by atoms with van der Waals surface area (Å²) in [4.78, 5) is 19.3. The largest absolute Gasteiger partial charge is 0.490 e. The molecular weight excluding hydrogens is 494 g/mol. The summed E-state index contributed by atoms with van der Waals surface area (Å²) in [5.74, 6) is -2.15. The molecule has 1 unspecified atom stereocenters. The molecule has 0 aliphatic carbocycles. The highest BCUT2D eigenvalue weighted by molar-refractivity contribution is 14.1. The Balaban J connectivity index is 1.96. The molecule has 150 valence electrons. The third kappa shape index (κ3) is 3.92. The number of nitrogen functional groups attached to an aromatic ring is 1. The van der Waals surface area contributed by atoms with Gasteiger partial charge in [-0.15, -0.1) is 0 Å². The molecule has 0 aliphatic rings. The Labute approximate surface area is 170 Å². The van der Waals surface area contributed by atoms with Crippen molar-refractivity contribution in [3.63, 3.8) is 0 Å². The van der Waals surface area contributed by atoms with Gasteiger partial charge < -0.3 is 25.5 Å². The van der Waals surface area contributed by atoms with Crippen molar-refractivity contribution in [1.82, 2.24) is 14.5 Å².